The first-order chi connectivity index (χ1) is 12.0. The molecule has 1 heterocycles. The molecule has 1 aromatic carbocycles. The number of hydrogen-bond donors (Lipinski definition) is 2. The Morgan fingerprint density at radius 1 is 1.36 bits per heavy atom. The summed E-state index contributed by atoms with van der Waals surface area (Å²) in [5.74, 6) is 0.890. The SMILES string of the molecule is CN=C(NCCC(=O)Nc1cccc(Cl)c1C)N1CCC2(CCC2)C1. The molecule has 1 saturated carbocycles. The first kappa shape index (κ1) is 18.1. The van der Waals surface area contributed by atoms with Crippen molar-refractivity contribution < 1.29 is 4.79 Å². The molecule has 6 heteroatoms. The Morgan fingerprint density at radius 2 is 2.16 bits per heavy atom. The molecule has 0 aromatic heterocycles. The van der Waals surface area contributed by atoms with Crippen LogP contribution in [0.5, 0.6) is 0 Å². The van der Waals surface area contributed by atoms with Crippen LogP contribution in [0.25, 0.3) is 0 Å². The molecule has 1 aliphatic carbocycles. The summed E-state index contributed by atoms with van der Waals surface area (Å²) < 4.78 is 0. The standard InChI is InChI=1S/C19H27ClN4O/c1-14-15(20)5-3-6-16(14)23-17(25)7-11-22-18(21-2)24-12-10-19(13-24)8-4-9-19/h3,5-6H,4,7-13H2,1-2H3,(H,21,22)(H,23,25). The molecule has 2 N–H and O–H groups in total. The largest absolute Gasteiger partial charge is 0.356 e. The summed E-state index contributed by atoms with van der Waals surface area (Å²) >= 11 is 6.09. The summed E-state index contributed by atoms with van der Waals surface area (Å²) in [6, 6.07) is 5.53. The molecule has 1 saturated heterocycles. The monoisotopic (exact) mass is 362 g/mol. The summed E-state index contributed by atoms with van der Waals surface area (Å²) in [7, 11) is 1.81. The first-order valence-corrected chi connectivity index (χ1v) is 9.41. The second-order valence-electron chi connectivity index (χ2n) is 7.21. The van der Waals surface area contributed by atoms with E-state index in [-0.39, 0.29) is 5.91 Å². The number of amides is 1. The van der Waals surface area contributed by atoms with E-state index in [9.17, 15) is 4.79 Å². The van der Waals surface area contributed by atoms with E-state index in [4.69, 9.17) is 11.6 Å². The van der Waals surface area contributed by atoms with Gasteiger partial charge in [-0.1, -0.05) is 24.1 Å². The topological polar surface area (TPSA) is 56.7 Å². The number of rotatable bonds is 4. The van der Waals surface area contributed by atoms with Gasteiger partial charge in [-0.15, -0.1) is 0 Å². The van der Waals surface area contributed by atoms with Gasteiger partial charge in [-0.05, 0) is 49.3 Å². The molecule has 0 unspecified atom stereocenters. The maximum Gasteiger partial charge on any atom is 0.226 e. The third-order valence-electron chi connectivity index (χ3n) is 5.54. The van der Waals surface area contributed by atoms with Crippen LogP contribution in [0.2, 0.25) is 5.02 Å². The second kappa shape index (κ2) is 7.65. The van der Waals surface area contributed by atoms with Crippen molar-refractivity contribution in [3.8, 4) is 0 Å². The van der Waals surface area contributed by atoms with Gasteiger partial charge in [0.2, 0.25) is 5.91 Å². The molecule has 25 heavy (non-hydrogen) atoms. The van der Waals surface area contributed by atoms with Crippen LogP contribution in [0, 0.1) is 12.3 Å². The van der Waals surface area contributed by atoms with E-state index in [2.05, 4.69) is 20.5 Å². The molecule has 1 aromatic rings. The van der Waals surface area contributed by atoms with Crippen LogP contribution in [-0.4, -0.2) is 43.4 Å². The fourth-order valence-corrected chi connectivity index (χ4v) is 3.95. The highest BCUT2D eigenvalue weighted by Gasteiger charge is 2.43. The number of likely N-dealkylation sites (tertiary alicyclic amines) is 1. The van der Waals surface area contributed by atoms with Crippen LogP contribution in [0.4, 0.5) is 5.69 Å². The number of benzene rings is 1. The molecular formula is C19H27ClN4O. The van der Waals surface area contributed by atoms with E-state index in [1.54, 1.807) is 0 Å². The summed E-state index contributed by atoms with van der Waals surface area (Å²) in [4.78, 5) is 18.9. The van der Waals surface area contributed by atoms with E-state index in [0.717, 1.165) is 30.3 Å². The lowest BCUT2D eigenvalue weighted by Gasteiger charge is -2.38. The molecule has 1 aliphatic heterocycles. The lowest BCUT2D eigenvalue weighted by Crippen LogP contribution is -2.43. The maximum absolute atomic E-state index is 12.2. The quantitative estimate of drug-likeness (QED) is 0.637. The number of aliphatic imine (C=N–C) groups is 1. The predicted octanol–water partition coefficient (Wildman–Crippen LogP) is 3.43. The summed E-state index contributed by atoms with van der Waals surface area (Å²) in [5, 5.41) is 6.92. The van der Waals surface area contributed by atoms with Gasteiger partial charge in [0, 0.05) is 43.8 Å². The van der Waals surface area contributed by atoms with Crippen molar-refractivity contribution in [3.63, 3.8) is 0 Å². The molecular weight excluding hydrogens is 336 g/mol. The Labute approximate surface area is 154 Å². The number of hydrogen-bond acceptors (Lipinski definition) is 2. The Balaban J connectivity index is 1.45. The molecule has 0 atom stereocenters. The third-order valence-corrected chi connectivity index (χ3v) is 5.95. The smallest absolute Gasteiger partial charge is 0.226 e. The number of nitrogens with one attached hydrogen (secondary N) is 2. The number of guanidine groups is 1. The Morgan fingerprint density at radius 3 is 2.80 bits per heavy atom. The lowest BCUT2D eigenvalue weighted by atomic mass is 9.68. The summed E-state index contributed by atoms with van der Waals surface area (Å²) in [5.41, 5.74) is 2.21. The molecule has 0 radical (unpaired) electrons. The van der Waals surface area contributed by atoms with Crippen molar-refractivity contribution in [1.82, 2.24) is 10.2 Å². The number of carbonyl (C=O) groups excluding carboxylic acids is 1. The minimum atomic E-state index is -0.0230. The molecule has 5 nitrogen and oxygen atoms in total. The number of carbonyl (C=O) groups is 1. The number of halogens is 1. The van der Waals surface area contributed by atoms with Crippen LogP contribution in [0.1, 0.15) is 37.7 Å². The Hall–Kier alpha value is -1.75. The predicted molar refractivity (Wildman–Crippen MR) is 103 cm³/mol. The minimum Gasteiger partial charge on any atom is -0.356 e. The van der Waals surface area contributed by atoms with Crippen LogP contribution < -0.4 is 10.6 Å². The zero-order valence-electron chi connectivity index (χ0n) is 15.1. The van der Waals surface area contributed by atoms with Crippen LogP contribution in [0.15, 0.2) is 23.2 Å². The van der Waals surface area contributed by atoms with Gasteiger partial charge >= 0.3 is 0 Å². The van der Waals surface area contributed by atoms with Gasteiger partial charge in [-0.2, -0.15) is 0 Å². The zero-order chi connectivity index (χ0) is 17.9. The number of nitrogens with zero attached hydrogens (tertiary/aromatic N) is 2. The molecule has 1 spiro atoms. The average molecular weight is 363 g/mol. The second-order valence-corrected chi connectivity index (χ2v) is 7.62. The van der Waals surface area contributed by atoms with Crippen molar-refractivity contribution >= 4 is 29.2 Å². The van der Waals surface area contributed by atoms with Crippen LogP contribution >= 0.6 is 11.6 Å². The molecule has 0 bridgehead atoms. The summed E-state index contributed by atoms with van der Waals surface area (Å²) in [6.45, 7) is 4.64. The number of anilines is 1. The summed E-state index contributed by atoms with van der Waals surface area (Å²) in [6.07, 6.45) is 5.72. The van der Waals surface area contributed by atoms with Gasteiger partial charge in [0.1, 0.15) is 0 Å². The first-order valence-electron chi connectivity index (χ1n) is 9.04. The highest BCUT2D eigenvalue weighted by molar-refractivity contribution is 6.31. The highest BCUT2D eigenvalue weighted by Crippen LogP contribution is 2.47. The van der Waals surface area contributed by atoms with E-state index in [1.165, 1.54) is 25.7 Å². The zero-order valence-corrected chi connectivity index (χ0v) is 15.8. The minimum absolute atomic E-state index is 0.0230. The fraction of sp³-hybridized carbons (Fsp3) is 0.579. The van der Waals surface area contributed by atoms with E-state index < -0.39 is 0 Å². The van der Waals surface area contributed by atoms with Crippen molar-refractivity contribution in [2.45, 2.75) is 39.0 Å². The Kier molecular flexibility index (Phi) is 5.52. The van der Waals surface area contributed by atoms with Crippen molar-refractivity contribution in [1.29, 1.82) is 0 Å². The van der Waals surface area contributed by atoms with Gasteiger partial charge in [-0.3, -0.25) is 9.79 Å². The van der Waals surface area contributed by atoms with Crippen molar-refractivity contribution in [3.05, 3.63) is 28.8 Å². The van der Waals surface area contributed by atoms with Gasteiger partial charge in [0.05, 0.1) is 0 Å². The van der Waals surface area contributed by atoms with Crippen LogP contribution in [-0.2, 0) is 4.79 Å². The van der Waals surface area contributed by atoms with Crippen molar-refractivity contribution in [2.24, 2.45) is 10.4 Å². The lowest BCUT2D eigenvalue weighted by molar-refractivity contribution is -0.116. The van der Waals surface area contributed by atoms with Gasteiger partial charge in [0.15, 0.2) is 5.96 Å². The maximum atomic E-state index is 12.2. The van der Waals surface area contributed by atoms with E-state index in [1.807, 2.05) is 32.2 Å². The van der Waals surface area contributed by atoms with E-state index >= 15 is 0 Å². The molecule has 136 valence electrons. The third kappa shape index (κ3) is 4.09. The normalized spacial score (nSPS) is 19.0. The Bertz CT molecular complexity index is 669. The van der Waals surface area contributed by atoms with E-state index in [0.29, 0.717) is 23.4 Å². The van der Waals surface area contributed by atoms with Gasteiger partial charge < -0.3 is 15.5 Å². The molecule has 2 aliphatic rings. The highest BCUT2D eigenvalue weighted by atomic mass is 35.5. The van der Waals surface area contributed by atoms with Gasteiger partial charge in [0.25, 0.3) is 0 Å². The molecule has 2 fully saturated rings. The van der Waals surface area contributed by atoms with Crippen molar-refractivity contribution in [2.75, 3.05) is 32.0 Å². The van der Waals surface area contributed by atoms with Gasteiger partial charge in [-0.25, -0.2) is 0 Å². The molecule has 3 rings (SSSR count). The molecule has 1 amide bonds. The average Bonchev–Trinajstić information content (AvgIpc) is 3.02. The fourth-order valence-electron chi connectivity index (χ4n) is 3.78. The van der Waals surface area contributed by atoms with Crippen LogP contribution in [0.3, 0.4) is 0 Å².